The van der Waals surface area contributed by atoms with E-state index >= 15 is 0 Å². The number of carbonyl (C=O) groups excluding carboxylic acids is 1. The molecule has 22 heavy (non-hydrogen) atoms. The quantitative estimate of drug-likeness (QED) is 0.836. The van der Waals surface area contributed by atoms with Gasteiger partial charge in [0.05, 0.1) is 25.8 Å². The van der Waals surface area contributed by atoms with Crippen LogP contribution in [0.2, 0.25) is 0 Å². The first-order chi connectivity index (χ1) is 10.7. The lowest BCUT2D eigenvalue weighted by atomic mass is 10.1. The molecule has 3 rings (SSSR count). The molecule has 0 bridgehead atoms. The molecule has 2 aromatic rings. The van der Waals surface area contributed by atoms with Crippen LogP contribution in [0.1, 0.15) is 46.4 Å². The molecule has 0 aliphatic heterocycles. The number of aliphatic hydroxyl groups is 1. The van der Waals surface area contributed by atoms with Crippen LogP contribution in [0.5, 0.6) is 5.75 Å². The molecule has 1 amide bonds. The van der Waals surface area contributed by atoms with Gasteiger partial charge in [0.2, 0.25) is 5.89 Å². The van der Waals surface area contributed by atoms with E-state index in [2.05, 4.69) is 15.5 Å². The summed E-state index contributed by atoms with van der Waals surface area (Å²) in [5, 5.41) is 15.7. The second-order valence-electron chi connectivity index (χ2n) is 5.20. The number of aliphatic hydroxyl groups excluding tert-OH is 1. The minimum absolute atomic E-state index is 0.107. The number of benzene rings is 1. The van der Waals surface area contributed by atoms with E-state index in [1.807, 2.05) is 0 Å². The highest BCUT2D eigenvalue weighted by molar-refractivity contribution is 5.96. The van der Waals surface area contributed by atoms with E-state index in [1.54, 1.807) is 18.2 Å². The van der Waals surface area contributed by atoms with Gasteiger partial charge in [0.1, 0.15) is 5.75 Å². The molecule has 7 heteroatoms. The Bertz CT molecular complexity index is 679. The summed E-state index contributed by atoms with van der Waals surface area (Å²) in [5.41, 5.74) is 1.07. The third-order valence-electron chi connectivity index (χ3n) is 3.52. The fraction of sp³-hybridized carbons (Fsp3) is 0.400. The van der Waals surface area contributed by atoms with Gasteiger partial charge < -0.3 is 19.7 Å². The first kappa shape index (κ1) is 14.5. The van der Waals surface area contributed by atoms with Crippen LogP contribution in [0.15, 0.2) is 22.7 Å². The summed E-state index contributed by atoms with van der Waals surface area (Å²) in [4.78, 5) is 16.5. The Morgan fingerprint density at radius 1 is 1.50 bits per heavy atom. The van der Waals surface area contributed by atoms with Gasteiger partial charge in [-0.15, -0.1) is 0 Å². The van der Waals surface area contributed by atoms with E-state index in [0.29, 0.717) is 34.5 Å². The maximum atomic E-state index is 12.2. The molecule has 1 aliphatic carbocycles. The SMILES string of the molecule is COc1cc(CO)ccc1C(=O)NCc1nc(C2CC2)no1. The molecule has 0 radical (unpaired) electrons. The van der Waals surface area contributed by atoms with E-state index in [0.717, 1.165) is 12.8 Å². The summed E-state index contributed by atoms with van der Waals surface area (Å²) < 4.78 is 10.3. The van der Waals surface area contributed by atoms with Crippen molar-refractivity contribution in [3.63, 3.8) is 0 Å². The molecule has 1 saturated carbocycles. The molecule has 1 aliphatic rings. The maximum Gasteiger partial charge on any atom is 0.255 e. The van der Waals surface area contributed by atoms with Crippen molar-refractivity contribution in [1.82, 2.24) is 15.5 Å². The Hall–Kier alpha value is -2.41. The topological polar surface area (TPSA) is 97.5 Å². The first-order valence-corrected chi connectivity index (χ1v) is 7.09. The molecule has 116 valence electrons. The van der Waals surface area contributed by atoms with Crippen LogP contribution in [0.4, 0.5) is 0 Å². The molecular formula is C15H17N3O4. The summed E-state index contributed by atoms with van der Waals surface area (Å²) in [7, 11) is 1.48. The largest absolute Gasteiger partial charge is 0.496 e. The van der Waals surface area contributed by atoms with Gasteiger partial charge in [-0.3, -0.25) is 4.79 Å². The van der Waals surface area contributed by atoms with Gasteiger partial charge in [-0.1, -0.05) is 11.2 Å². The summed E-state index contributed by atoms with van der Waals surface area (Å²) in [6.45, 7) is 0.0631. The number of aromatic nitrogens is 2. The van der Waals surface area contributed by atoms with Crippen LogP contribution in [0, 0.1) is 0 Å². The summed E-state index contributed by atoms with van der Waals surface area (Å²) >= 11 is 0. The Morgan fingerprint density at radius 2 is 2.32 bits per heavy atom. The van der Waals surface area contributed by atoms with E-state index in [9.17, 15) is 4.79 Å². The summed E-state index contributed by atoms with van der Waals surface area (Å²) in [6.07, 6.45) is 2.19. The van der Waals surface area contributed by atoms with E-state index in [1.165, 1.54) is 7.11 Å². The number of hydrogen-bond acceptors (Lipinski definition) is 6. The molecule has 1 fully saturated rings. The Morgan fingerprint density at radius 3 is 3.00 bits per heavy atom. The maximum absolute atomic E-state index is 12.2. The van der Waals surface area contributed by atoms with Crippen LogP contribution in [-0.2, 0) is 13.2 Å². The van der Waals surface area contributed by atoms with Crippen LogP contribution in [0.3, 0.4) is 0 Å². The number of nitrogens with zero attached hydrogens (tertiary/aromatic N) is 2. The molecule has 1 heterocycles. The Kier molecular flexibility index (Phi) is 4.06. The average molecular weight is 303 g/mol. The minimum atomic E-state index is -0.299. The molecule has 0 spiro atoms. The summed E-state index contributed by atoms with van der Waals surface area (Å²) in [6, 6.07) is 4.92. The number of rotatable bonds is 6. The van der Waals surface area contributed by atoms with Gasteiger partial charge >= 0.3 is 0 Å². The van der Waals surface area contributed by atoms with Gasteiger partial charge in [0, 0.05) is 5.92 Å². The molecule has 1 aromatic carbocycles. The van der Waals surface area contributed by atoms with Crippen molar-refractivity contribution in [2.75, 3.05) is 7.11 Å². The molecule has 0 saturated heterocycles. The smallest absolute Gasteiger partial charge is 0.255 e. The summed E-state index contributed by atoms with van der Waals surface area (Å²) in [5.74, 6) is 1.63. The first-order valence-electron chi connectivity index (χ1n) is 7.09. The lowest BCUT2D eigenvalue weighted by molar-refractivity contribution is 0.0943. The van der Waals surface area contributed by atoms with Crippen LogP contribution in [0.25, 0.3) is 0 Å². The highest BCUT2D eigenvalue weighted by atomic mass is 16.5. The van der Waals surface area contributed by atoms with Crippen LogP contribution < -0.4 is 10.1 Å². The minimum Gasteiger partial charge on any atom is -0.496 e. The average Bonchev–Trinajstić information content (AvgIpc) is 3.30. The van der Waals surface area contributed by atoms with Gasteiger partial charge in [0.25, 0.3) is 5.91 Å². The predicted molar refractivity (Wildman–Crippen MR) is 76.4 cm³/mol. The lowest BCUT2D eigenvalue weighted by Crippen LogP contribution is -2.23. The second kappa shape index (κ2) is 6.15. The zero-order chi connectivity index (χ0) is 15.5. The van der Waals surface area contributed by atoms with Crippen molar-refractivity contribution in [2.45, 2.75) is 31.9 Å². The van der Waals surface area contributed by atoms with E-state index in [-0.39, 0.29) is 19.1 Å². The van der Waals surface area contributed by atoms with Crippen molar-refractivity contribution < 1.29 is 19.2 Å². The lowest BCUT2D eigenvalue weighted by Gasteiger charge is -2.09. The monoisotopic (exact) mass is 303 g/mol. The number of carbonyl (C=O) groups is 1. The zero-order valence-corrected chi connectivity index (χ0v) is 12.2. The molecule has 2 N–H and O–H groups in total. The van der Waals surface area contributed by atoms with Crippen molar-refractivity contribution >= 4 is 5.91 Å². The van der Waals surface area contributed by atoms with Gasteiger partial charge in [-0.25, -0.2) is 0 Å². The molecule has 7 nitrogen and oxygen atoms in total. The number of hydrogen-bond donors (Lipinski definition) is 2. The predicted octanol–water partition coefficient (Wildman–Crippen LogP) is 1.38. The number of nitrogens with one attached hydrogen (secondary N) is 1. The highest BCUT2D eigenvalue weighted by Crippen LogP contribution is 2.38. The molecular weight excluding hydrogens is 286 g/mol. The van der Waals surface area contributed by atoms with E-state index in [4.69, 9.17) is 14.4 Å². The zero-order valence-electron chi connectivity index (χ0n) is 12.2. The van der Waals surface area contributed by atoms with Gasteiger partial charge in [-0.2, -0.15) is 4.98 Å². The standard InChI is InChI=1S/C15H17N3O4/c1-21-12-6-9(8-19)2-5-11(12)15(20)16-7-13-17-14(18-22-13)10-3-4-10/h2,5-6,10,19H,3-4,7-8H2,1H3,(H,16,20). The third-order valence-corrected chi connectivity index (χ3v) is 3.52. The molecule has 0 atom stereocenters. The fourth-order valence-corrected chi connectivity index (χ4v) is 2.12. The van der Waals surface area contributed by atoms with Crippen LogP contribution >= 0.6 is 0 Å². The normalized spacial score (nSPS) is 13.9. The van der Waals surface area contributed by atoms with Crippen molar-refractivity contribution in [1.29, 1.82) is 0 Å². The van der Waals surface area contributed by atoms with Crippen molar-refractivity contribution in [2.24, 2.45) is 0 Å². The Labute approximate surface area is 127 Å². The number of amides is 1. The highest BCUT2D eigenvalue weighted by Gasteiger charge is 2.28. The third kappa shape index (κ3) is 3.09. The molecule has 0 unspecified atom stereocenters. The molecule has 1 aromatic heterocycles. The fourth-order valence-electron chi connectivity index (χ4n) is 2.12. The van der Waals surface area contributed by atoms with Crippen LogP contribution in [-0.4, -0.2) is 28.3 Å². The number of methoxy groups -OCH3 is 1. The Balaban J connectivity index is 1.65. The van der Waals surface area contributed by atoms with Gasteiger partial charge in [0.15, 0.2) is 5.82 Å². The van der Waals surface area contributed by atoms with E-state index < -0.39 is 0 Å². The van der Waals surface area contributed by atoms with Gasteiger partial charge in [-0.05, 0) is 30.5 Å². The second-order valence-corrected chi connectivity index (χ2v) is 5.20. The van der Waals surface area contributed by atoms with Crippen molar-refractivity contribution in [3.05, 3.63) is 41.0 Å². The van der Waals surface area contributed by atoms with Crippen molar-refractivity contribution in [3.8, 4) is 5.75 Å². The number of ether oxygens (including phenoxy) is 1.